The number of nitrogens with zero attached hydrogens (tertiary/aromatic N) is 1. The summed E-state index contributed by atoms with van der Waals surface area (Å²) in [5, 5.41) is 5.71. The average molecular weight is 346 g/mol. The summed E-state index contributed by atoms with van der Waals surface area (Å²) in [5.74, 6) is 0.332. The molecule has 0 aromatic heterocycles. The molecule has 1 aromatic carbocycles. The summed E-state index contributed by atoms with van der Waals surface area (Å²) in [6.07, 6.45) is 0. The number of likely N-dealkylation sites (N-methyl/N-ethyl adjacent to an activating group) is 1. The molecule has 8 heteroatoms. The number of amides is 2. The van der Waals surface area contributed by atoms with Crippen molar-refractivity contribution < 1.29 is 19.1 Å². The van der Waals surface area contributed by atoms with Gasteiger partial charge in [0.1, 0.15) is 5.75 Å². The summed E-state index contributed by atoms with van der Waals surface area (Å²) in [4.78, 5) is 24.5. The molecule has 1 aromatic rings. The molecule has 0 unspecified atom stereocenters. The molecule has 2 N–H and O–H groups in total. The molecule has 1 rings (SSSR count). The summed E-state index contributed by atoms with van der Waals surface area (Å²) < 4.78 is 10.2. The summed E-state index contributed by atoms with van der Waals surface area (Å²) in [6, 6.07) is 6.86. The number of methoxy groups -OCH3 is 1. The Morgan fingerprint density at radius 2 is 1.83 bits per heavy atom. The fourth-order valence-corrected chi connectivity index (χ4v) is 1.49. The van der Waals surface area contributed by atoms with Gasteiger partial charge < -0.3 is 25.0 Å². The molecule has 0 fully saturated rings. The molecular formula is C15H24ClN3O4. The first-order chi connectivity index (χ1) is 10.5. The molecule has 0 saturated heterocycles. The molecule has 0 bridgehead atoms. The minimum Gasteiger partial charge on any atom is -0.484 e. The molecule has 0 radical (unpaired) electrons. The van der Waals surface area contributed by atoms with Gasteiger partial charge in [0.25, 0.3) is 5.91 Å². The van der Waals surface area contributed by atoms with Crippen molar-refractivity contribution in [3.05, 3.63) is 24.3 Å². The fourth-order valence-electron chi connectivity index (χ4n) is 1.49. The van der Waals surface area contributed by atoms with Crippen LogP contribution in [0.4, 0.5) is 5.69 Å². The third kappa shape index (κ3) is 9.02. The number of benzene rings is 1. The maximum Gasteiger partial charge on any atom is 0.259 e. The van der Waals surface area contributed by atoms with Crippen LogP contribution in [0.15, 0.2) is 24.3 Å². The van der Waals surface area contributed by atoms with Crippen molar-refractivity contribution in [1.29, 1.82) is 0 Å². The maximum absolute atomic E-state index is 11.7. The van der Waals surface area contributed by atoms with Gasteiger partial charge in [-0.3, -0.25) is 9.59 Å². The van der Waals surface area contributed by atoms with Crippen LogP contribution in [0.25, 0.3) is 0 Å². The first-order valence-electron chi connectivity index (χ1n) is 6.95. The van der Waals surface area contributed by atoms with E-state index >= 15 is 0 Å². The van der Waals surface area contributed by atoms with Gasteiger partial charge in [0.2, 0.25) is 5.91 Å². The second-order valence-corrected chi connectivity index (χ2v) is 4.82. The van der Waals surface area contributed by atoms with Crippen LogP contribution in [0.3, 0.4) is 0 Å². The van der Waals surface area contributed by atoms with Gasteiger partial charge in [-0.1, -0.05) is 0 Å². The molecule has 130 valence electrons. The quantitative estimate of drug-likeness (QED) is 0.646. The lowest BCUT2D eigenvalue weighted by molar-refractivity contribution is -0.130. The summed E-state index contributed by atoms with van der Waals surface area (Å²) >= 11 is 0. The molecule has 0 saturated carbocycles. The number of hydrogen-bond acceptors (Lipinski definition) is 5. The van der Waals surface area contributed by atoms with Crippen molar-refractivity contribution >= 4 is 29.9 Å². The number of carbonyl (C=O) groups is 2. The van der Waals surface area contributed by atoms with Crippen molar-refractivity contribution in [2.24, 2.45) is 0 Å². The van der Waals surface area contributed by atoms with E-state index in [1.165, 1.54) is 4.90 Å². The monoisotopic (exact) mass is 345 g/mol. The van der Waals surface area contributed by atoms with Crippen LogP contribution < -0.4 is 15.4 Å². The highest BCUT2D eigenvalue weighted by atomic mass is 35.5. The highest BCUT2D eigenvalue weighted by Crippen LogP contribution is 2.15. The highest BCUT2D eigenvalue weighted by molar-refractivity contribution is 5.92. The lowest BCUT2D eigenvalue weighted by Crippen LogP contribution is -2.30. The predicted molar refractivity (Wildman–Crippen MR) is 91.3 cm³/mol. The number of rotatable bonds is 9. The molecule has 0 aliphatic carbocycles. The molecule has 7 nitrogen and oxygen atoms in total. The molecule has 2 amide bonds. The Labute approximate surface area is 142 Å². The molecule has 0 aliphatic rings. The van der Waals surface area contributed by atoms with E-state index in [1.807, 2.05) is 0 Å². The van der Waals surface area contributed by atoms with Crippen molar-refractivity contribution in [2.75, 3.05) is 52.8 Å². The lowest BCUT2D eigenvalue weighted by Gasteiger charge is -2.12. The first-order valence-corrected chi connectivity index (χ1v) is 6.95. The van der Waals surface area contributed by atoms with Gasteiger partial charge in [-0.2, -0.15) is 0 Å². The zero-order valence-electron chi connectivity index (χ0n) is 13.6. The van der Waals surface area contributed by atoms with Gasteiger partial charge in [0.05, 0.1) is 13.2 Å². The van der Waals surface area contributed by atoms with E-state index in [0.717, 1.165) is 0 Å². The molecule has 0 atom stereocenters. The minimum absolute atomic E-state index is 0. The number of nitrogens with one attached hydrogen (secondary N) is 2. The second kappa shape index (κ2) is 11.7. The standard InChI is InChI=1S/C15H23N3O4.ClH/c1-18(2)15(20)11-22-13-6-4-12(5-7-13)17-14(19)10-16-8-9-21-3;/h4-7,16H,8-11H2,1-3H3,(H,17,19);1H. The topological polar surface area (TPSA) is 79.9 Å². The van der Waals surface area contributed by atoms with Gasteiger partial charge >= 0.3 is 0 Å². The second-order valence-electron chi connectivity index (χ2n) is 4.82. The van der Waals surface area contributed by atoms with Gasteiger partial charge in [-0.15, -0.1) is 12.4 Å². The SMILES string of the molecule is COCCNCC(=O)Nc1ccc(OCC(=O)N(C)C)cc1.Cl. The van der Waals surface area contributed by atoms with Crippen LogP contribution in [0.5, 0.6) is 5.75 Å². The van der Waals surface area contributed by atoms with E-state index in [4.69, 9.17) is 9.47 Å². The highest BCUT2D eigenvalue weighted by Gasteiger charge is 2.05. The third-order valence-electron chi connectivity index (χ3n) is 2.77. The van der Waals surface area contributed by atoms with Crippen LogP contribution in [-0.4, -0.2) is 64.2 Å². The van der Waals surface area contributed by atoms with Crippen LogP contribution in [0.2, 0.25) is 0 Å². The van der Waals surface area contributed by atoms with Gasteiger partial charge in [0, 0.05) is 33.4 Å². The van der Waals surface area contributed by atoms with E-state index in [0.29, 0.717) is 24.6 Å². The fraction of sp³-hybridized carbons (Fsp3) is 0.467. The summed E-state index contributed by atoms with van der Waals surface area (Å²) in [6.45, 7) is 1.39. The normalized spacial score (nSPS) is 9.70. The molecule has 0 heterocycles. The van der Waals surface area contributed by atoms with Crippen LogP contribution >= 0.6 is 12.4 Å². The number of carbonyl (C=O) groups excluding carboxylic acids is 2. The Balaban J connectivity index is 0.00000484. The Bertz CT molecular complexity index is 480. The number of halogens is 1. The van der Waals surface area contributed by atoms with Crippen LogP contribution in [-0.2, 0) is 14.3 Å². The van der Waals surface area contributed by atoms with E-state index in [1.54, 1.807) is 45.5 Å². The van der Waals surface area contributed by atoms with Gasteiger partial charge in [-0.25, -0.2) is 0 Å². The number of anilines is 1. The Hall–Kier alpha value is -1.83. The number of ether oxygens (including phenoxy) is 2. The third-order valence-corrected chi connectivity index (χ3v) is 2.77. The zero-order chi connectivity index (χ0) is 16.4. The van der Waals surface area contributed by atoms with E-state index in [-0.39, 0.29) is 37.4 Å². The largest absolute Gasteiger partial charge is 0.484 e. The Kier molecular flexibility index (Phi) is 10.8. The van der Waals surface area contributed by atoms with Crippen LogP contribution in [0, 0.1) is 0 Å². The van der Waals surface area contributed by atoms with Crippen LogP contribution in [0.1, 0.15) is 0 Å². The maximum atomic E-state index is 11.7. The van der Waals surface area contributed by atoms with Crippen molar-refractivity contribution in [3.8, 4) is 5.75 Å². The summed E-state index contributed by atoms with van der Waals surface area (Å²) in [7, 11) is 4.95. The Morgan fingerprint density at radius 1 is 1.17 bits per heavy atom. The van der Waals surface area contributed by atoms with E-state index in [9.17, 15) is 9.59 Å². The Morgan fingerprint density at radius 3 is 2.39 bits per heavy atom. The summed E-state index contributed by atoms with van der Waals surface area (Å²) in [5.41, 5.74) is 0.671. The van der Waals surface area contributed by atoms with E-state index in [2.05, 4.69) is 10.6 Å². The smallest absolute Gasteiger partial charge is 0.259 e. The lowest BCUT2D eigenvalue weighted by atomic mass is 10.3. The van der Waals surface area contributed by atoms with Gasteiger partial charge in [-0.05, 0) is 24.3 Å². The van der Waals surface area contributed by atoms with Crippen molar-refractivity contribution in [2.45, 2.75) is 0 Å². The molecule has 23 heavy (non-hydrogen) atoms. The predicted octanol–water partition coefficient (Wildman–Crippen LogP) is 0.750. The van der Waals surface area contributed by atoms with E-state index < -0.39 is 0 Å². The van der Waals surface area contributed by atoms with Crippen molar-refractivity contribution in [1.82, 2.24) is 10.2 Å². The van der Waals surface area contributed by atoms with Crippen molar-refractivity contribution in [3.63, 3.8) is 0 Å². The first kappa shape index (κ1) is 21.2. The van der Waals surface area contributed by atoms with Gasteiger partial charge in [0.15, 0.2) is 6.61 Å². The molecule has 0 aliphatic heterocycles. The number of hydrogen-bond donors (Lipinski definition) is 2. The molecular weight excluding hydrogens is 322 g/mol. The average Bonchev–Trinajstić information content (AvgIpc) is 2.50. The zero-order valence-corrected chi connectivity index (χ0v) is 14.4. The minimum atomic E-state index is -0.132. The molecule has 0 spiro atoms.